The molecule has 5 nitrogen and oxygen atoms in total. The van der Waals surface area contributed by atoms with Crippen molar-refractivity contribution >= 4 is 39.1 Å². The Hall–Kier alpha value is -1.99. The Bertz CT molecular complexity index is 833. The fourth-order valence-electron chi connectivity index (χ4n) is 2.03. The van der Waals surface area contributed by atoms with Gasteiger partial charge in [0.15, 0.2) is 0 Å². The maximum Gasteiger partial charge on any atom is 0.261 e. The average Bonchev–Trinajstić information content (AvgIpc) is 2.48. The number of amides is 1. The normalized spacial score (nSPS) is 11.1. The lowest BCUT2D eigenvalue weighted by molar-refractivity contribution is -0.114. The van der Waals surface area contributed by atoms with Crippen LogP contribution >= 0.6 is 11.8 Å². The lowest BCUT2D eigenvalue weighted by Gasteiger charge is -2.12. The maximum atomic E-state index is 12.5. The molecule has 0 atom stereocenters. The molecule has 2 rings (SSSR count). The van der Waals surface area contributed by atoms with Crippen molar-refractivity contribution in [3.05, 3.63) is 48.0 Å². The van der Waals surface area contributed by atoms with E-state index in [9.17, 15) is 13.2 Å². The standard InChI is InChI=1S/C16H18N2O3S2/c1-11-9-15(7-8-16(11)17-12(2)19)23(20,21)18-13-5-4-6-14(10-13)22-3/h4-10,18H,1-3H3,(H,17,19). The number of hydrogen-bond acceptors (Lipinski definition) is 4. The van der Waals surface area contributed by atoms with Gasteiger partial charge in [-0.25, -0.2) is 8.42 Å². The Morgan fingerprint density at radius 1 is 1.13 bits per heavy atom. The Kier molecular flexibility index (Phi) is 5.33. The van der Waals surface area contributed by atoms with Crippen molar-refractivity contribution in [3.63, 3.8) is 0 Å². The summed E-state index contributed by atoms with van der Waals surface area (Å²) < 4.78 is 27.5. The van der Waals surface area contributed by atoms with Crippen LogP contribution in [0.5, 0.6) is 0 Å². The number of rotatable bonds is 5. The van der Waals surface area contributed by atoms with Gasteiger partial charge >= 0.3 is 0 Å². The fourth-order valence-corrected chi connectivity index (χ4v) is 3.63. The summed E-state index contributed by atoms with van der Waals surface area (Å²) in [6.07, 6.45) is 1.93. The van der Waals surface area contributed by atoms with E-state index in [0.717, 1.165) is 4.90 Å². The highest BCUT2D eigenvalue weighted by atomic mass is 32.2. The summed E-state index contributed by atoms with van der Waals surface area (Å²) in [4.78, 5) is 12.2. The third-order valence-electron chi connectivity index (χ3n) is 3.14. The molecule has 0 saturated carbocycles. The Balaban J connectivity index is 2.28. The SMILES string of the molecule is CSc1cccc(NS(=O)(=O)c2ccc(NC(C)=O)c(C)c2)c1. The van der Waals surface area contributed by atoms with Crippen molar-refractivity contribution in [2.75, 3.05) is 16.3 Å². The van der Waals surface area contributed by atoms with E-state index >= 15 is 0 Å². The van der Waals surface area contributed by atoms with Crippen LogP contribution in [0.15, 0.2) is 52.3 Å². The summed E-state index contributed by atoms with van der Waals surface area (Å²) in [7, 11) is -3.68. The first-order chi connectivity index (χ1) is 10.8. The molecular formula is C16H18N2O3S2. The summed E-state index contributed by atoms with van der Waals surface area (Å²) in [5.74, 6) is -0.198. The number of nitrogens with one attached hydrogen (secondary N) is 2. The number of aryl methyl sites for hydroxylation is 1. The van der Waals surface area contributed by atoms with Gasteiger partial charge in [0.25, 0.3) is 10.0 Å². The molecule has 1 amide bonds. The third kappa shape index (κ3) is 4.49. The molecule has 122 valence electrons. The van der Waals surface area contributed by atoms with E-state index in [0.29, 0.717) is 16.9 Å². The van der Waals surface area contributed by atoms with Crippen LogP contribution < -0.4 is 10.0 Å². The molecule has 0 aliphatic heterocycles. The van der Waals surface area contributed by atoms with Crippen molar-refractivity contribution in [1.29, 1.82) is 0 Å². The van der Waals surface area contributed by atoms with E-state index in [2.05, 4.69) is 10.0 Å². The molecule has 0 saturated heterocycles. The summed E-state index contributed by atoms with van der Waals surface area (Å²) in [5.41, 5.74) is 1.79. The Morgan fingerprint density at radius 3 is 2.48 bits per heavy atom. The summed E-state index contributed by atoms with van der Waals surface area (Å²) in [5, 5.41) is 2.66. The second-order valence-electron chi connectivity index (χ2n) is 5.00. The summed E-state index contributed by atoms with van der Waals surface area (Å²) in [6.45, 7) is 3.16. The van der Waals surface area contributed by atoms with Crippen LogP contribution in [0.4, 0.5) is 11.4 Å². The number of sulfonamides is 1. The van der Waals surface area contributed by atoms with Crippen LogP contribution in [0.25, 0.3) is 0 Å². The van der Waals surface area contributed by atoms with Gasteiger partial charge in [-0.2, -0.15) is 0 Å². The van der Waals surface area contributed by atoms with Crippen molar-refractivity contribution in [2.24, 2.45) is 0 Å². The molecule has 0 unspecified atom stereocenters. The third-order valence-corrected chi connectivity index (χ3v) is 5.25. The molecule has 0 bridgehead atoms. The van der Waals surface area contributed by atoms with Crippen LogP contribution in [0.3, 0.4) is 0 Å². The number of benzene rings is 2. The van der Waals surface area contributed by atoms with Gasteiger partial charge in [0.1, 0.15) is 0 Å². The first-order valence-corrected chi connectivity index (χ1v) is 9.58. The van der Waals surface area contributed by atoms with Gasteiger partial charge in [0.2, 0.25) is 5.91 Å². The van der Waals surface area contributed by atoms with Crippen LogP contribution in [0.1, 0.15) is 12.5 Å². The molecule has 2 N–H and O–H groups in total. The highest BCUT2D eigenvalue weighted by molar-refractivity contribution is 7.98. The lowest BCUT2D eigenvalue weighted by Crippen LogP contribution is -2.14. The van der Waals surface area contributed by atoms with E-state index in [1.54, 1.807) is 31.2 Å². The molecule has 7 heteroatoms. The smallest absolute Gasteiger partial charge is 0.261 e. The molecule has 0 radical (unpaired) electrons. The van der Waals surface area contributed by atoms with Crippen molar-refractivity contribution < 1.29 is 13.2 Å². The number of hydrogen-bond donors (Lipinski definition) is 2. The van der Waals surface area contributed by atoms with E-state index in [1.807, 2.05) is 12.3 Å². The van der Waals surface area contributed by atoms with Crippen molar-refractivity contribution in [3.8, 4) is 0 Å². The molecule has 0 aliphatic carbocycles. The second kappa shape index (κ2) is 7.06. The van der Waals surface area contributed by atoms with Crippen LogP contribution in [-0.2, 0) is 14.8 Å². The van der Waals surface area contributed by atoms with Gasteiger partial charge in [-0.3, -0.25) is 9.52 Å². The fraction of sp³-hybridized carbons (Fsp3) is 0.188. The molecule has 0 spiro atoms. The topological polar surface area (TPSA) is 75.3 Å². The number of carbonyl (C=O) groups is 1. The van der Waals surface area contributed by atoms with Gasteiger partial charge in [-0.1, -0.05) is 6.07 Å². The van der Waals surface area contributed by atoms with Gasteiger partial charge in [0.05, 0.1) is 4.90 Å². The van der Waals surface area contributed by atoms with Gasteiger partial charge in [-0.15, -0.1) is 11.8 Å². The predicted molar refractivity (Wildman–Crippen MR) is 94.5 cm³/mol. The first-order valence-electron chi connectivity index (χ1n) is 6.87. The van der Waals surface area contributed by atoms with E-state index in [1.165, 1.54) is 30.8 Å². The van der Waals surface area contributed by atoms with E-state index in [4.69, 9.17) is 0 Å². The lowest BCUT2D eigenvalue weighted by atomic mass is 10.2. The zero-order chi connectivity index (χ0) is 17.0. The van der Waals surface area contributed by atoms with Crippen LogP contribution in [0, 0.1) is 6.92 Å². The van der Waals surface area contributed by atoms with Crippen LogP contribution in [-0.4, -0.2) is 20.6 Å². The minimum atomic E-state index is -3.68. The monoisotopic (exact) mass is 350 g/mol. The number of thioether (sulfide) groups is 1. The van der Waals surface area contributed by atoms with E-state index < -0.39 is 10.0 Å². The first kappa shape index (κ1) is 17.4. The van der Waals surface area contributed by atoms with Gasteiger partial charge in [-0.05, 0) is 55.1 Å². The molecule has 0 heterocycles. The maximum absolute atomic E-state index is 12.5. The molecular weight excluding hydrogens is 332 g/mol. The quantitative estimate of drug-likeness (QED) is 0.810. The van der Waals surface area contributed by atoms with Crippen LogP contribution in [0.2, 0.25) is 0 Å². The Morgan fingerprint density at radius 2 is 1.87 bits per heavy atom. The van der Waals surface area contributed by atoms with Crippen molar-refractivity contribution in [2.45, 2.75) is 23.6 Å². The zero-order valence-electron chi connectivity index (χ0n) is 13.1. The predicted octanol–water partition coefficient (Wildman–Crippen LogP) is 3.48. The highest BCUT2D eigenvalue weighted by Crippen LogP contribution is 2.24. The summed E-state index contributed by atoms with van der Waals surface area (Å²) in [6, 6.07) is 11.8. The largest absolute Gasteiger partial charge is 0.326 e. The Labute approximate surface area is 140 Å². The number of anilines is 2. The molecule has 2 aromatic carbocycles. The molecule has 23 heavy (non-hydrogen) atoms. The second-order valence-corrected chi connectivity index (χ2v) is 7.56. The van der Waals surface area contributed by atoms with Gasteiger partial charge < -0.3 is 5.32 Å². The molecule has 2 aromatic rings. The summed E-state index contributed by atoms with van der Waals surface area (Å²) >= 11 is 1.54. The molecule has 0 aromatic heterocycles. The number of carbonyl (C=O) groups excluding carboxylic acids is 1. The van der Waals surface area contributed by atoms with Crippen molar-refractivity contribution in [1.82, 2.24) is 0 Å². The average molecular weight is 350 g/mol. The molecule has 0 fully saturated rings. The van der Waals surface area contributed by atoms with Gasteiger partial charge in [0, 0.05) is 23.2 Å². The minimum Gasteiger partial charge on any atom is -0.326 e. The zero-order valence-corrected chi connectivity index (χ0v) is 14.7. The molecule has 0 aliphatic rings. The van der Waals surface area contributed by atoms with E-state index in [-0.39, 0.29) is 10.8 Å². The highest BCUT2D eigenvalue weighted by Gasteiger charge is 2.15. The minimum absolute atomic E-state index is 0.152.